The Hall–Kier alpha value is -0.770. The van der Waals surface area contributed by atoms with Crippen LogP contribution in [0.5, 0.6) is 0 Å². The Morgan fingerprint density at radius 1 is 1.21 bits per heavy atom. The van der Waals surface area contributed by atoms with Gasteiger partial charge in [-0.25, -0.2) is 0 Å². The predicted molar refractivity (Wildman–Crippen MR) is 97.3 cm³/mol. The van der Waals surface area contributed by atoms with Gasteiger partial charge >= 0.3 is 0 Å². The molecule has 1 heterocycles. The largest absolute Gasteiger partial charge is 0.393 e. The molecule has 1 aliphatic heterocycles. The molecule has 3 nitrogen and oxygen atoms in total. The number of hydrogen-bond acceptors (Lipinski definition) is 2. The van der Waals surface area contributed by atoms with E-state index in [2.05, 4.69) is 13.8 Å². The predicted octanol–water partition coefficient (Wildman–Crippen LogP) is 4.18. The fourth-order valence-corrected chi connectivity index (χ4v) is 4.80. The fourth-order valence-electron chi connectivity index (χ4n) is 4.32. The van der Waals surface area contributed by atoms with Crippen LogP contribution in [0.2, 0.25) is 10.0 Å². The molecule has 2 fully saturated rings. The van der Waals surface area contributed by atoms with E-state index in [4.69, 9.17) is 23.2 Å². The minimum Gasteiger partial charge on any atom is -0.393 e. The topological polar surface area (TPSA) is 40.5 Å². The number of nitrogens with zero attached hydrogens (tertiary/aromatic N) is 1. The summed E-state index contributed by atoms with van der Waals surface area (Å²) in [7, 11) is 0. The summed E-state index contributed by atoms with van der Waals surface area (Å²) in [6, 6.07) is 5.74. The minimum atomic E-state index is -0.248. The lowest BCUT2D eigenvalue weighted by atomic mass is 9.77. The fraction of sp³-hybridized carbons (Fsp3) is 0.632. The number of aliphatic hydroxyl groups is 1. The highest BCUT2D eigenvalue weighted by Crippen LogP contribution is 2.36. The van der Waals surface area contributed by atoms with Crippen LogP contribution in [0, 0.1) is 17.8 Å². The third kappa shape index (κ3) is 3.58. The average Bonchev–Trinajstić information content (AvgIpc) is 2.88. The second-order valence-electron chi connectivity index (χ2n) is 7.53. The van der Waals surface area contributed by atoms with E-state index in [1.165, 1.54) is 0 Å². The summed E-state index contributed by atoms with van der Waals surface area (Å²) < 4.78 is 0. The van der Waals surface area contributed by atoms with Gasteiger partial charge in [-0.05, 0) is 55.2 Å². The molecule has 1 aromatic rings. The number of rotatable bonds is 3. The molecule has 3 atom stereocenters. The van der Waals surface area contributed by atoms with Crippen LogP contribution in [0.4, 0.5) is 0 Å². The lowest BCUT2D eigenvalue weighted by molar-refractivity contribution is -0.135. The van der Waals surface area contributed by atoms with E-state index in [1.807, 2.05) is 17.0 Å². The average molecular weight is 370 g/mol. The zero-order chi connectivity index (χ0) is 17.4. The van der Waals surface area contributed by atoms with Crippen LogP contribution in [0.1, 0.15) is 38.7 Å². The first-order valence-electron chi connectivity index (χ1n) is 8.79. The number of carbonyl (C=O) groups excluding carboxylic acids is 1. The van der Waals surface area contributed by atoms with E-state index in [1.54, 1.807) is 6.07 Å². The number of likely N-dealkylation sites (tertiary alicyclic amines) is 1. The van der Waals surface area contributed by atoms with Crippen molar-refractivity contribution >= 4 is 29.1 Å². The van der Waals surface area contributed by atoms with Gasteiger partial charge in [0, 0.05) is 28.5 Å². The van der Waals surface area contributed by atoms with Crippen LogP contribution in [0.25, 0.3) is 0 Å². The highest BCUT2D eigenvalue weighted by Gasteiger charge is 2.41. The minimum absolute atomic E-state index is 0.00105. The summed E-state index contributed by atoms with van der Waals surface area (Å²) in [4.78, 5) is 14.9. The first-order chi connectivity index (χ1) is 11.4. The van der Waals surface area contributed by atoms with Gasteiger partial charge in [-0.15, -0.1) is 0 Å². The maximum absolute atomic E-state index is 12.9. The molecule has 1 saturated carbocycles. The van der Waals surface area contributed by atoms with Crippen LogP contribution in [-0.2, 0) is 11.2 Å². The number of amides is 1. The summed E-state index contributed by atoms with van der Waals surface area (Å²) in [5, 5.41) is 11.4. The molecule has 24 heavy (non-hydrogen) atoms. The summed E-state index contributed by atoms with van der Waals surface area (Å²) >= 11 is 12.2. The van der Waals surface area contributed by atoms with E-state index in [-0.39, 0.29) is 35.8 Å². The van der Waals surface area contributed by atoms with E-state index in [9.17, 15) is 9.90 Å². The molecule has 0 aromatic heterocycles. The molecule has 132 valence electrons. The Kier molecular flexibility index (Phi) is 5.43. The van der Waals surface area contributed by atoms with Crippen LogP contribution in [0.3, 0.4) is 0 Å². The Morgan fingerprint density at radius 2 is 1.88 bits per heavy atom. The molecular formula is C19H25Cl2NO2. The van der Waals surface area contributed by atoms with Crippen molar-refractivity contribution in [1.82, 2.24) is 4.90 Å². The Balaban J connectivity index is 1.67. The molecule has 0 spiro atoms. The molecular weight excluding hydrogens is 345 g/mol. The normalized spacial score (nSPS) is 34.0. The van der Waals surface area contributed by atoms with E-state index >= 15 is 0 Å². The second kappa shape index (κ2) is 7.23. The van der Waals surface area contributed by atoms with Crippen molar-refractivity contribution in [2.24, 2.45) is 17.8 Å². The number of halogens is 2. The number of hydrogen-bond donors (Lipinski definition) is 1. The van der Waals surface area contributed by atoms with Crippen molar-refractivity contribution in [3.05, 3.63) is 33.8 Å². The molecule has 1 aliphatic carbocycles. The quantitative estimate of drug-likeness (QED) is 0.867. The molecule has 5 heteroatoms. The Bertz CT molecular complexity index is 609. The Labute approximate surface area is 153 Å². The Morgan fingerprint density at radius 3 is 2.50 bits per heavy atom. The van der Waals surface area contributed by atoms with Crippen molar-refractivity contribution < 1.29 is 9.90 Å². The summed E-state index contributed by atoms with van der Waals surface area (Å²) in [5.74, 6) is 0.732. The van der Waals surface area contributed by atoms with Gasteiger partial charge in [-0.3, -0.25) is 4.79 Å². The van der Waals surface area contributed by atoms with Crippen molar-refractivity contribution in [1.29, 1.82) is 0 Å². The van der Waals surface area contributed by atoms with Crippen molar-refractivity contribution in [3.8, 4) is 0 Å². The molecule has 3 rings (SSSR count). The van der Waals surface area contributed by atoms with Crippen LogP contribution in [0.15, 0.2) is 18.2 Å². The number of aliphatic hydroxyl groups excluding tert-OH is 1. The third-order valence-electron chi connectivity index (χ3n) is 5.73. The monoisotopic (exact) mass is 369 g/mol. The van der Waals surface area contributed by atoms with Gasteiger partial charge in [0.25, 0.3) is 0 Å². The van der Waals surface area contributed by atoms with E-state index in [0.717, 1.165) is 31.4 Å². The maximum Gasteiger partial charge on any atom is 0.226 e. The van der Waals surface area contributed by atoms with Gasteiger partial charge < -0.3 is 10.0 Å². The SMILES string of the molecule is CC1CC(N2CCC(Cc3ccc(Cl)cc3Cl)C2=O)CC(C)C1O. The summed E-state index contributed by atoms with van der Waals surface area (Å²) in [6.07, 6.45) is 3.09. The molecule has 3 unspecified atom stereocenters. The summed E-state index contributed by atoms with van der Waals surface area (Å²) in [6.45, 7) is 4.98. The molecule has 1 saturated heterocycles. The first kappa shape index (κ1) is 18.0. The van der Waals surface area contributed by atoms with Gasteiger partial charge in [0.1, 0.15) is 0 Å². The number of carbonyl (C=O) groups is 1. The highest BCUT2D eigenvalue weighted by atomic mass is 35.5. The zero-order valence-corrected chi connectivity index (χ0v) is 15.7. The van der Waals surface area contributed by atoms with Crippen LogP contribution in [-0.4, -0.2) is 34.6 Å². The molecule has 1 amide bonds. The molecule has 0 radical (unpaired) electrons. The first-order valence-corrected chi connectivity index (χ1v) is 9.55. The highest BCUT2D eigenvalue weighted by molar-refractivity contribution is 6.35. The van der Waals surface area contributed by atoms with Gasteiger partial charge in [-0.1, -0.05) is 43.1 Å². The lowest BCUT2D eigenvalue weighted by Crippen LogP contribution is -2.46. The van der Waals surface area contributed by atoms with Gasteiger partial charge in [-0.2, -0.15) is 0 Å². The summed E-state index contributed by atoms with van der Waals surface area (Å²) in [5.41, 5.74) is 0.988. The molecule has 0 bridgehead atoms. The standard InChI is InChI=1S/C19H25Cl2NO2/c1-11-7-16(8-12(2)18(11)23)22-6-5-14(19(22)24)9-13-3-4-15(20)10-17(13)21/h3-4,10-12,14,16,18,23H,5-9H2,1-2H3. The van der Waals surface area contributed by atoms with Gasteiger partial charge in [0.05, 0.1) is 6.10 Å². The van der Waals surface area contributed by atoms with E-state index < -0.39 is 0 Å². The molecule has 1 aromatic carbocycles. The lowest BCUT2D eigenvalue weighted by Gasteiger charge is -2.40. The van der Waals surface area contributed by atoms with E-state index in [0.29, 0.717) is 16.5 Å². The van der Waals surface area contributed by atoms with Crippen LogP contribution < -0.4 is 0 Å². The zero-order valence-electron chi connectivity index (χ0n) is 14.2. The number of benzene rings is 1. The molecule has 2 aliphatic rings. The smallest absolute Gasteiger partial charge is 0.226 e. The maximum atomic E-state index is 12.9. The van der Waals surface area contributed by atoms with Crippen molar-refractivity contribution in [2.75, 3.05) is 6.54 Å². The van der Waals surface area contributed by atoms with Gasteiger partial charge in [0.2, 0.25) is 5.91 Å². The van der Waals surface area contributed by atoms with Crippen molar-refractivity contribution in [3.63, 3.8) is 0 Å². The van der Waals surface area contributed by atoms with Crippen LogP contribution >= 0.6 is 23.2 Å². The second-order valence-corrected chi connectivity index (χ2v) is 8.37. The molecule has 1 N–H and O–H groups in total. The third-order valence-corrected chi connectivity index (χ3v) is 6.31. The van der Waals surface area contributed by atoms with Gasteiger partial charge in [0.15, 0.2) is 0 Å². The van der Waals surface area contributed by atoms with Crippen molar-refractivity contribution in [2.45, 2.75) is 51.7 Å².